The van der Waals surface area contributed by atoms with Gasteiger partial charge in [-0.2, -0.15) is 0 Å². The van der Waals surface area contributed by atoms with Gasteiger partial charge in [-0.1, -0.05) is 28.6 Å². The molecule has 0 bridgehead atoms. The predicted octanol–water partition coefficient (Wildman–Crippen LogP) is 2.77. The summed E-state index contributed by atoms with van der Waals surface area (Å²) >= 11 is 1.22. The Bertz CT molecular complexity index is 1270. The van der Waals surface area contributed by atoms with Crippen LogP contribution in [0.1, 0.15) is 31.2 Å². The summed E-state index contributed by atoms with van der Waals surface area (Å²) < 4.78 is 30.0. The van der Waals surface area contributed by atoms with Gasteiger partial charge in [0.15, 0.2) is 20.7 Å². The minimum absolute atomic E-state index is 0.0260. The molecule has 2 N–H and O–H groups in total. The number of fused-ring (bicyclic) bond motifs is 1. The summed E-state index contributed by atoms with van der Waals surface area (Å²) in [6.45, 7) is 0.350. The van der Waals surface area contributed by atoms with Crippen LogP contribution in [0.3, 0.4) is 0 Å². The number of aliphatic hydroxyl groups excluding tert-OH is 1. The lowest BCUT2D eigenvalue weighted by Crippen LogP contribution is -2.25. The van der Waals surface area contributed by atoms with Crippen molar-refractivity contribution >= 4 is 48.3 Å². The van der Waals surface area contributed by atoms with Crippen molar-refractivity contribution in [2.45, 2.75) is 42.8 Å². The summed E-state index contributed by atoms with van der Waals surface area (Å²) in [5.74, 6) is -0.598. The molecule has 0 radical (unpaired) electrons. The van der Waals surface area contributed by atoms with Crippen molar-refractivity contribution in [3.05, 3.63) is 48.2 Å². The SMILES string of the molecule is COCCCS(=O)(=O)c1ccc(/C(=N\O[C@@H]2CC[C@@H](O)C2)C(=O)Nc2nc3cccnc3s2)cc1. The van der Waals surface area contributed by atoms with Crippen LogP contribution in [0.4, 0.5) is 5.13 Å². The van der Waals surface area contributed by atoms with Gasteiger partial charge < -0.3 is 14.7 Å². The molecule has 0 spiro atoms. The highest BCUT2D eigenvalue weighted by Crippen LogP contribution is 2.25. The van der Waals surface area contributed by atoms with Gasteiger partial charge in [-0.25, -0.2) is 18.4 Å². The molecule has 1 aromatic carbocycles. The van der Waals surface area contributed by atoms with E-state index in [-0.39, 0.29) is 22.5 Å². The molecule has 0 unspecified atom stereocenters. The van der Waals surface area contributed by atoms with E-state index in [0.29, 0.717) is 53.3 Å². The first-order chi connectivity index (χ1) is 16.9. The maximum absolute atomic E-state index is 13.2. The number of oxime groups is 1. The number of ether oxygens (including phenoxy) is 1. The maximum Gasteiger partial charge on any atom is 0.280 e. The third-order valence-corrected chi connectivity index (χ3v) is 8.21. The number of carbonyl (C=O) groups excluding carboxylic acids is 1. The van der Waals surface area contributed by atoms with Crippen LogP contribution in [-0.2, 0) is 24.2 Å². The molecule has 10 nitrogen and oxygen atoms in total. The molecule has 3 aromatic rings. The third kappa shape index (κ3) is 6.40. The second-order valence-corrected chi connectivity index (χ2v) is 11.2. The van der Waals surface area contributed by atoms with Crippen LogP contribution in [0.2, 0.25) is 0 Å². The van der Waals surface area contributed by atoms with Gasteiger partial charge in [0.2, 0.25) is 0 Å². The smallest absolute Gasteiger partial charge is 0.280 e. The largest absolute Gasteiger partial charge is 0.393 e. The monoisotopic (exact) mass is 518 g/mol. The van der Waals surface area contributed by atoms with Crippen LogP contribution in [0.5, 0.6) is 0 Å². The Hall–Kier alpha value is -2.93. The summed E-state index contributed by atoms with van der Waals surface area (Å²) in [4.78, 5) is 28.2. The number of aromatic nitrogens is 2. The average molecular weight is 519 g/mol. The number of carbonyl (C=O) groups is 1. The van der Waals surface area contributed by atoms with Gasteiger partial charge in [0.25, 0.3) is 5.91 Å². The summed E-state index contributed by atoms with van der Waals surface area (Å²) in [6, 6.07) is 9.49. The number of rotatable bonds is 10. The zero-order valence-corrected chi connectivity index (χ0v) is 20.7. The number of benzene rings is 1. The van der Waals surface area contributed by atoms with Gasteiger partial charge in [0, 0.05) is 31.9 Å². The highest BCUT2D eigenvalue weighted by atomic mass is 32.2. The Balaban J connectivity index is 1.56. The standard InChI is InChI=1S/C23H26N4O6S2/c1-32-12-3-13-35(30,31)18-9-5-15(6-10-18)20(27-33-17-8-7-16(28)14-17)21(29)26-23-25-19-4-2-11-24-22(19)34-23/h2,4-6,9-11,16-17,28H,3,7-8,12-14H2,1H3,(H,25,26,29)/b27-20+/t16-,17-/m1/s1. The lowest BCUT2D eigenvalue weighted by Gasteiger charge is -2.11. The number of pyridine rings is 1. The van der Waals surface area contributed by atoms with Gasteiger partial charge in [-0.05, 0) is 43.5 Å². The fourth-order valence-corrected chi connectivity index (χ4v) is 5.76. The third-order valence-electron chi connectivity index (χ3n) is 5.50. The molecule has 2 heterocycles. The molecule has 1 amide bonds. The summed E-state index contributed by atoms with van der Waals surface area (Å²) in [5, 5.41) is 16.9. The van der Waals surface area contributed by atoms with E-state index in [1.54, 1.807) is 18.3 Å². The topological polar surface area (TPSA) is 140 Å². The van der Waals surface area contributed by atoms with Crippen LogP contribution in [0.15, 0.2) is 52.6 Å². The molecule has 1 aliphatic carbocycles. The van der Waals surface area contributed by atoms with Crippen molar-refractivity contribution in [3.63, 3.8) is 0 Å². The number of hydrogen-bond acceptors (Lipinski definition) is 10. The minimum atomic E-state index is -3.48. The quantitative estimate of drug-likeness (QED) is 0.237. The van der Waals surface area contributed by atoms with E-state index in [4.69, 9.17) is 9.57 Å². The summed E-state index contributed by atoms with van der Waals surface area (Å²) in [5.41, 5.74) is 1.02. The van der Waals surface area contributed by atoms with E-state index >= 15 is 0 Å². The molecular weight excluding hydrogens is 492 g/mol. The van der Waals surface area contributed by atoms with Gasteiger partial charge in [0.1, 0.15) is 16.5 Å². The second kappa shape index (κ2) is 11.2. The number of amides is 1. The molecule has 2 aromatic heterocycles. The zero-order chi connectivity index (χ0) is 24.8. The molecule has 1 aliphatic rings. The lowest BCUT2D eigenvalue weighted by atomic mass is 10.1. The first kappa shape index (κ1) is 25.2. The average Bonchev–Trinajstić information content (AvgIpc) is 3.44. The number of sulfone groups is 1. The van der Waals surface area contributed by atoms with Crippen molar-refractivity contribution in [1.82, 2.24) is 9.97 Å². The normalized spacial score (nSPS) is 18.6. The van der Waals surface area contributed by atoms with Crippen molar-refractivity contribution in [2.24, 2.45) is 5.16 Å². The Morgan fingerprint density at radius 3 is 2.74 bits per heavy atom. The Morgan fingerprint density at radius 1 is 1.26 bits per heavy atom. The highest BCUT2D eigenvalue weighted by molar-refractivity contribution is 7.91. The lowest BCUT2D eigenvalue weighted by molar-refractivity contribution is -0.110. The molecule has 1 saturated carbocycles. The van der Waals surface area contributed by atoms with Gasteiger partial charge in [0.05, 0.1) is 16.8 Å². The summed E-state index contributed by atoms with van der Waals surface area (Å²) in [7, 11) is -1.96. The molecule has 1 fully saturated rings. The molecule has 2 atom stereocenters. The van der Waals surface area contributed by atoms with Crippen molar-refractivity contribution < 1.29 is 27.9 Å². The Morgan fingerprint density at radius 2 is 2.06 bits per heavy atom. The van der Waals surface area contributed by atoms with E-state index in [1.165, 1.54) is 42.7 Å². The van der Waals surface area contributed by atoms with Crippen LogP contribution in [0, 0.1) is 0 Å². The molecule has 12 heteroatoms. The summed E-state index contributed by atoms with van der Waals surface area (Å²) in [6.07, 6.45) is 2.94. The predicted molar refractivity (Wildman–Crippen MR) is 132 cm³/mol. The number of nitrogens with zero attached hydrogens (tertiary/aromatic N) is 3. The molecule has 4 rings (SSSR count). The number of hydrogen-bond donors (Lipinski definition) is 2. The van der Waals surface area contributed by atoms with Crippen LogP contribution in [-0.4, -0.2) is 66.8 Å². The van der Waals surface area contributed by atoms with Gasteiger partial charge in [-0.15, -0.1) is 0 Å². The van der Waals surface area contributed by atoms with E-state index < -0.39 is 21.8 Å². The zero-order valence-electron chi connectivity index (χ0n) is 19.1. The van der Waals surface area contributed by atoms with Crippen LogP contribution >= 0.6 is 11.3 Å². The first-order valence-corrected chi connectivity index (χ1v) is 13.6. The van der Waals surface area contributed by atoms with E-state index in [9.17, 15) is 18.3 Å². The Labute approximate surface area is 206 Å². The molecule has 0 aliphatic heterocycles. The van der Waals surface area contributed by atoms with E-state index in [2.05, 4.69) is 20.4 Å². The van der Waals surface area contributed by atoms with E-state index in [1.807, 2.05) is 0 Å². The number of nitrogens with one attached hydrogen (secondary N) is 1. The van der Waals surface area contributed by atoms with Crippen molar-refractivity contribution in [1.29, 1.82) is 0 Å². The van der Waals surface area contributed by atoms with Crippen LogP contribution < -0.4 is 5.32 Å². The van der Waals surface area contributed by atoms with Crippen molar-refractivity contribution in [2.75, 3.05) is 24.8 Å². The van der Waals surface area contributed by atoms with Crippen molar-refractivity contribution in [3.8, 4) is 0 Å². The molecule has 186 valence electrons. The first-order valence-electron chi connectivity index (χ1n) is 11.1. The number of aliphatic hydroxyl groups is 1. The maximum atomic E-state index is 13.2. The van der Waals surface area contributed by atoms with E-state index in [0.717, 1.165) is 0 Å². The Kier molecular flexibility index (Phi) is 8.06. The number of thiazole rings is 1. The molecule has 35 heavy (non-hydrogen) atoms. The van der Waals surface area contributed by atoms with Crippen LogP contribution in [0.25, 0.3) is 10.3 Å². The molecular formula is C23H26N4O6S2. The second-order valence-electron chi connectivity index (χ2n) is 8.12. The fraction of sp³-hybridized carbons (Fsp3) is 0.391. The fourth-order valence-electron chi connectivity index (χ4n) is 3.68. The van der Waals surface area contributed by atoms with Gasteiger partial charge >= 0.3 is 0 Å². The highest BCUT2D eigenvalue weighted by Gasteiger charge is 2.26. The van der Waals surface area contributed by atoms with Gasteiger partial charge in [-0.3, -0.25) is 10.1 Å². The number of anilines is 1. The molecule has 0 saturated heterocycles. The minimum Gasteiger partial charge on any atom is -0.393 e. The number of methoxy groups -OCH3 is 1.